The number of fused-ring (bicyclic) bond motifs is 1. The molecule has 0 aliphatic rings. The third-order valence-corrected chi connectivity index (χ3v) is 7.72. The zero-order valence-corrected chi connectivity index (χ0v) is 26.8. The van der Waals surface area contributed by atoms with E-state index in [-0.39, 0.29) is 28.6 Å². The monoisotopic (exact) mass is 624 g/mol. The lowest BCUT2D eigenvalue weighted by molar-refractivity contribution is 0.0950. The molecule has 0 fully saturated rings. The number of anilines is 1. The first-order chi connectivity index (χ1) is 22.0. The van der Waals surface area contributed by atoms with Crippen LogP contribution in [0.15, 0.2) is 71.8 Å². The van der Waals surface area contributed by atoms with Crippen LogP contribution in [0.5, 0.6) is 11.5 Å². The highest BCUT2D eigenvalue weighted by molar-refractivity contribution is 6.08. The number of likely N-dealkylation sites (N-methyl/N-ethyl adjacent to an activating group) is 1. The van der Waals surface area contributed by atoms with Gasteiger partial charge in [-0.25, -0.2) is 4.98 Å². The fourth-order valence-corrected chi connectivity index (χ4v) is 5.32. The Balaban J connectivity index is 1.70. The number of nitrogens with one attached hydrogen (secondary N) is 2. The van der Waals surface area contributed by atoms with Crippen molar-refractivity contribution in [3.63, 3.8) is 0 Å². The van der Waals surface area contributed by atoms with Gasteiger partial charge >= 0.3 is 0 Å². The highest BCUT2D eigenvalue weighted by Crippen LogP contribution is 2.39. The standard InChI is InChI=1S/C35H37FN6O4/c1-7-37-33(43)28-19-26-27(20-41(6)35(45)31(26)39-28)25-12-11-23(17-29(25)46-32-21(2)9-8-10-22(32)3)34(44)42(16-15-40(4)5)24-13-14-38-30(36)18-24/h8-14,17-20,39H,7,15-16H2,1-6H3,(H,37,43). The summed E-state index contributed by atoms with van der Waals surface area (Å²) < 4.78 is 22.2. The van der Waals surface area contributed by atoms with Crippen LogP contribution in [0.2, 0.25) is 0 Å². The molecule has 2 N–H and O–H groups in total. The highest BCUT2D eigenvalue weighted by atomic mass is 19.1. The average molecular weight is 625 g/mol. The van der Waals surface area contributed by atoms with Crippen molar-refractivity contribution >= 4 is 28.4 Å². The van der Waals surface area contributed by atoms with Crippen molar-refractivity contribution in [3.05, 3.63) is 106 Å². The van der Waals surface area contributed by atoms with Gasteiger partial charge in [0.1, 0.15) is 22.7 Å². The predicted molar refractivity (Wildman–Crippen MR) is 177 cm³/mol. The largest absolute Gasteiger partial charge is 0.456 e. The Morgan fingerprint density at radius 2 is 1.76 bits per heavy atom. The molecular formula is C35H37FN6O4. The number of H-pyrrole nitrogens is 1. The molecule has 0 unspecified atom stereocenters. The van der Waals surface area contributed by atoms with Gasteiger partial charge in [0.05, 0.1) is 5.69 Å². The number of rotatable bonds is 10. The van der Waals surface area contributed by atoms with Gasteiger partial charge < -0.3 is 29.4 Å². The van der Waals surface area contributed by atoms with Crippen LogP contribution in [-0.4, -0.2) is 65.0 Å². The van der Waals surface area contributed by atoms with E-state index in [1.54, 1.807) is 43.6 Å². The molecule has 0 bridgehead atoms. The second kappa shape index (κ2) is 13.4. The van der Waals surface area contributed by atoms with Crippen LogP contribution < -0.4 is 20.5 Å². The van der Waals surface area contributed by atoms with Gasteiger partial charge in [-0.05, 0) is 76.3 Å². The molecule has 0 aliphatic heterocycles. The Kier molecular flexibility index (Phi) is 9.33. The molecule has 2 aromatic carbocycles. The van der Waals surface area contributed by atoms with Gasteiger partial charge in [-0.1, -0.05) is 18.2 Å². The Labute approximate surface area is 266 Å². The summed E-state index contributed by atoms with van der Waals surface area (Å²) in [4.78, 5) is 50.1. The first-order valence-corrected chi connectivity index (χ1v) is 15.0. The summed E-state index contributed by atoms with van der Waals surface area (Å²) in [5.41, 5.74) is 3.96. The van der Waals surface area contributed by atoms with Gasteiger partial charge in [-0.3, -0.25) is 14.4 Å². The van der Waals surface area contributed by atoms with Crippen LogP contribution in [0.25, 0.3) is 22.0 Å². The molecule has 2 amide bonds. The second-order valence-electron chi connectivity index (χ2n) is 11.4. The normalized spacial score (nSPS) is 11.2. The fraction of sp³-hybridized carbons (Fsp3) is 0.257. The van der Waals surface area contributed by atoms with E-state index in [9.17, 15) is 18.8 Å². The molecule has 46 heavy (non-hydrogen) atoms. The van der Waals surface area contributed by atoms with Gasteiger partial charge in [0.25, 0.3) is 17.4 Å². The molecular weight excluding hydrogens is 587 g/mol. The Hall–Kier alpha value is -5.29. The number of benzene rings is 2. The van der Waals surface area contributed by atoms with Crippen molar-refractivity contribution in [2.45, 2.75) is 20.8 Å². The lowest BCUT2D eigenvalue weighted by Gasteiger charge is -2.25. The van der Waals surface area contributed by atoms with E-state index in [4.69, 9.17) is 4.74 Å². The second-order valence-corrected chi connectivity index (χ2v) is 11.4. The van der Waals surface area contributed by atoms with E-state index >= 15 is 0 Å². The maximum absolute atomic E-state index is 14.2. The number of halogens is 1. The summed E-state index contributed by atoms with van der Waals surface area (Å²) >= 11 is 0. The number of nitrogens with zero attached hydrogens (tertiary/aromatic N) is 4. The van der Waals surface area contributed by atoms with Gasteiger partial charge in [0, 0.05) is 67.2 Å². The first kappa shape index (κ1) is 32.1. The number of ether oxygens (including phenoxy) is 1. The summed E-state index contributed by atoms with van der Waals surface area (Å²) in [7, 11) is 5.43. The van der Waals surface area contributed by atoms with E-state index in [1.807, 2.05) is 58.0 Å². The zero-order valence-electron chi connectivity index (χ0n) is 26.8. The number of carbonyl (C=O) groups excluding carboxylic acids is 2. The molecule has 0 spiro atoms. The van der Waals surface area contributed by atoms with E-state index < -0.39 is 5.95 Å². The summed E-state index contributed by atoms with van der Waals surface area (Å²) in [6, 6.07) is 15.4. The minimum atomic E-state index is -0.688. The molecule has 0 aliphatic carbocycles. The summed E-state index contributed by atoms with van der Waals surface area (Å²) in [5.74, 6) is -0.363. The van der Waals surface area contributed by atoms with Gasteiger partial charge in [0.15, 0.2) is 0 Å². The number of aromatic nitrogens is 3. The summed E-state index contributed by atoms with van der Waals surface area (Å²) in [5, 5.41) is 3.30. The first-order valence-electron chi connectivity index (χ1n) is 15.0. The molecule has 0 radical (unpaired) electrons. The SMILES string of the molecule is CCNC(=O)c1cc2c(-c3ccc(C(=O)N(CCN(C)C)c4ccnc(F)c4)cc3Oc3c(C)cccc3C)cn(C)c(=O)c2[nH]1. The van der Waals surface area contributed by atoms with E-state index in [1.165, 1.54) is 21.7 Å². The number of para-hydroxylation sites is 1. The van der Waals surface area contributed by atoms with Crippen LogP contribution in [0.4, 0.5) is 10.1 Å². The molecule has 10 nitrogen and oxygen atoms in total. The quantitative estimate of drug-likeness (QED) is 0.200. The fourth-order valence-electron chi connectivity index (χ4n) is 5.32. The smallest absolute Gasteiger partial charge is 0.274 e. The van der Waals surface area contributed by atoms with Crippen LogP contribution in [-0.2, 0) is 7.05 Å². The minimum absolute atomic E-state index is 0.256. The third kappa shape index (κ3) is 6.54. The Morgan fingerprint density at radius 1 is 1.02 bits per heavy atom. The zero-order chi connectivity index (χ0) is 33.1. The Morgan fingerprint density at radius 3 is 2.43 bits per heavy atom. The third-order valence-electron chi connectivity index (χ3n) is 7.72. The van der Waals surface area contributed by atoms with Crippen LogP contribution in [0.3, 0.4) is 0 Å². The molecule has 11 heteroatoms. The number of hydrogen-bond donors (Lipinski definition) is 2. The van der Waals surface area contributed by atoms with E-state index in [0.717, 1.165) is 11.1 Å². The maximum atomic E-state index is 14.2. The molecule has 238 valence electrons. The van der Waals surface area contributed by atoms with Crippen LogP contribution >= 0.6 is 0 Å². The number of aromatic amines is 1. The lowest BCUT2D eigenvalue weighted by atomic mass is 10.00. The molecule has 5 rings (SSSR count). The van der Waals surface area contributed by atoms with Crippen molar-refractivity contribution in [2.24, 2.45) is 7.05 Å². The number of hydrogen-bond acceptors (Lipinski definition) is 6. The molecule has 3 heterocycles. The molecule has 0 saturated carbocycles. The molecule has 0 saturated heterocycles. The average Bonchev–Trinajstić information content (AvgIpc) is 3.47. The van der Waals surface area contributed by atoms with Crippen LogP contribution in [0.1, 0.15) is 38.9 Å². The minimum Gasteiger partial charge on any atom is -0.456 e. The van der Waals surface area contributed by atoms with E-state index in [2.05, 4.69) is 15.3 Å². The van der Waals surface area contributed by atoms with Crippen molar-refractivity contribution < 1.29 is 18.7 Å². The van der Waals surface area contributed by atoms with Gasteiger partial charge in [-0.2, -0.15) is 4.39 Å². The highest BCUT2D eigenvalue weighted by Gasteiger charge is 2.23. The summed E-state index contributed by atoms with van der Waals surface area (Å²) in [6.07, 6.45) is 3.02. The maximum Gasteiger partial charge on any atom is 0.274 e. The van der Waals surface area contributed by atoms with E-state index in [0.29, 0.717) is 58.9 Å². The van der Waals surface area contributed by atoms with Gasteiger partial charge in [0.2, 0.25) is 5.95 Å². The van der Waals surface area contributed by atoms with Crippen LogP contribution in [0, 0.1) is 19.8 Å². The predicted octanol–water partition coefficient (Wildman–Crippen LogP) is 5.43. The van der Waals surface area contributed by atoms with Crippen molar-refractivity contribution in [1.82, 2.24) is 24.8 Å². The van der Waals surface area contributed by atoms with Gasteiger partial charge in [-0.15, -0.1) is 0 Å². The number of amides is 2. The summed E-state index contributed by atoms with van der Waals surface area (Å²) in [6.45, 7) is 6.96. The number of carbonyl (C=O) groups is 2. The van der Waals surface area contributed by atoms with Crippen molar-refractivity contribution in [2.75, 3.05) is 38.6 Å². The van der Waals surface area contributed by atoms with Crippen molar-refractivity contribution in [1.29, 1.82) is 0 Å². The molecule has 3 aromatic heterocycles. The lowest BCUT2D eigenvalue weighted by Crippen LogP contribution is -2.37. The number of aryl methyl sites for hydroxylation is 3. The molecule has 0 atom stereocenters. The van der Waals surface area contributed by atoms with Crippen molar-refractivity contribution in [3.8, 4) is 22.6 Å². The molecule has 5 aromatic rings. The Bertz CT molecular complexity index is 1980. The topological polar surface area (TPSA) is 113 Å². The number of pyridine rings is 2.